The average Bonchev–Trinajstić information content (AvgIpc) is 3.08. The zero-order valence-corrected chi connectivity index (χ0v) is 19.9. The Kier molecular flexibility index (Phi) is 6.93. The highest BCUT2D eigenvalue weighted by Gasteiger charge is 2.39. The van der Waals surface area contributed by atoms with Crippen molar-refractivity contribution in [2.24, 2.45) is 11.3 Å². The van der Waals surface area contributed by atoms with E-state index in [1.54, 1.807) is 0 Å². The Bertz CT molecular complexity index is 1090. The standard InChI is InChI=1S/C25H32FN3O5/c1-4-18-21-19(12-25(14-27-23(21)30)7-9-34-10-8-25)29(28-18)13-15(2)11-17-20(33-3)6-5-16(22(17)26)24(31)32/h5-6,15H,4,7-14H2,1-3H3,(H,27,30)(H,31,32)/t15-/m1/s1. The zero-order valence-electron chi connectivity index (χ0n) is 19.9. The minimum Gasteiger partial charge on any atom is -0.496 e. The van der Waals surface area contributed by atoms with Crippen molar-refractivity contribution in [3.8, 4) is 5.75 Å². The first-order valence-electron chi connectivity index (χ1n) is 11.8. The number of methoxy groups -OCH3 is 1. The number of benzene rings is 1. The van der Waals surface area contributed by atoms with E-state index >= 15 is 0 Å². The van der Waals surface area contributed by atoms with Crippen LogP contribution in [0.15, 0.2) is 12.1 Å². The summed E-state index contributed by atoms with van der Waals surface area (Å²) in [7, 11) is 1.44. The molecule has 3 heterocycles. The summed E-state index contributed by atoms with van der Waals surface area (Å²) in [5.74, 6) is -1.93. The molecule has 184 valence electrons. The Labute approximate surface area is 198 Å². The number of hydrogen-bond donors (Lipinski definition) is 2. The molecule has 2 N–H and O–H groups in total. The van der Waals surface area contributed by atoms with E-state index in [4.69, 9.17) is 14.6 Å². The fraction of sp³-hybridized carbons (Fsp3) is 0.560. The molecule has 8 nitrogen and oxygen atoms in total. The van der Waals surface area contributed by atoms with Crippen LogP contribution in [0.1, 0.15) is 64.4 Å². The molecule has 4 rings (SSSR count). The van der Waals surface area contributed by atoms with Crippen molar-refractivity contribution in [3.05, 3.63) is 46.0 Å². The van der Waals surface area contributed by atoms with Crippen LogP contribution in [0.25, 0.3) is 0 Å². The predicted octanol–water partition coefficient (Wildman–Crippen LogP) is 3.25. The van der Waals surface area contributed by atoms with Crippen molar-refractivity contribution in [3.63, 3.8) is 0 Å². The van der Waals surface area contributed by atoms with Crippen molar-refractivity contribution < 1.29 is 28.6 Å². The molecule has 9 heteroatoms. The molecular weight excluding hydrogens is 441 g/mol. The van der Waals surface area contributed by atoms with E-state index < -0.39 is 11.8 Å². The number of carbonyl (C=O) groups is 2. The largest absolute Gasteiger partial charge is 0.496 e. The van der Waals surface area contributed by atoms with Gasteiger partial charge in [0.25, 0.3) is 5.91 Å². The van der Waals surface area contributed by atoms with Gasteiger partial charge in [-0.1, -0.05) is 13.8 Å². The molecule has 1 saturated heterocycles. The number of ether oxygens (including phenoxy) is 2. The van der Waals surface area contributed by atoms with Gasteiger partial charge in [-0.15, -0.1) is 0 Å². The molecule has 1 atom stereocenters. The van der Waals surface area contributed by atoms with Gasteiger partial charge in [-0.25, -0.2) is 9.18 Å². The van der Waals surface area contributed by atoms with Crippen molar-refractivity contribution >= 4 is 11.9 Å². The summed E-state index contributed by atoms with van der Waals surface area (Å²) < 4.78 is 27.8. The Morgan fingerprint density at radius 2 is 2.12 bits per heavy atom. The zero-order chi connectivity index (χ0) is 24.5. The molecule has 1 aromatic carbocycles. The molecule has 0 aliphatic carbocycles. The second-order valence-corrected chi connectivity index (χ2v) is 9.50. The Morgan fingerprint density at radius 3 is 2.76 bits per heavy atom. The lowest BCUT2D eigenvalue weighted by atomic mass is 9.76. The molecule has 1 aromatic heterocycles. The van der Waals surface area contributed by atoms with Gasteiger partial charge in [0.1, 0.15) is 11.6 Å². The van der Waals surface area contributed by atoms with Gasteiger partial charge in [-0.3, -0.25) is 9.48 Å². The van der Waals surface area contributed by atoms with Gasteiger partial charge >= 0.3 is 5.97 Å². The number of carboxylic acid groups (broad SMARTS) is 1. The fourth-order valence-corrected chi connectivity index (χ4v) is 5.18. The van der Waals surface area contributed by atoms with E-state index in [0.29, 0.717) is 44.0 Å². The van der Waals surface area contributed by atoms with E-state index in [1.807, 2.05) is 18.5 Å². The second kappa shape index (κ2) is 9.74. The summed E-state index contributed by atoms with van der Waals surface area (Å²) >= 11 is 0. The van der Waals surface area contributed by atoms with E-state index in [1.165, 1.54) is 19.2 Å². The van der Waals surface area contributed by atoms with Crippen molar-refractivity contribution in [2.75, 3.05) is 26.9 Å². The smallest absolute Gasteiger partial charge is 0.338 e. The highest BCUT2D eigenvalue weighted by Crippen LogP contribution is 2.37. The van der Waals surface area contributed by atoms with Crippen molar-refractivity contribution in [2.45, 2.75) is 52.5 Å². The molecule has 1 amide bonds. The number of aromatic carboxylic acids is 1. The number of hydrogen-bond acceptors (Lipinski definition) is 5. The van der Waals surface area contributed by atoms with Crippen LogP contribution in [0.2, 0.25) is 0 Å². The fourth-order valence-electron chi connectivity index (χ4n) is 5.18. The Morgan fingerprint density at radius 1 is 1.38 bits per heavy atom. The topological polar surface area (TPSA) is 103 Å². The number of halogens is 1. The number of carbonyl (C=O) groups excluding carboxylic acids is 1. The highest BCUT2D eigenvalue weighted by molar-refractivity contribution is 5.97. The van der Waals surface area contributed by atoms with Crippen LogP contribution >= 0.6 is 0 Å². The number of rotatable bonds is 7. The van der Waals surface area contributed by atoms with Crippen molar-refractivity contribution in [1.82, 2.24) is 15.1 Å². The Hall–Kier alpha value is -2.94. The number of aromatic nitrogens is 2. The lowest BCUT2D eigenvalue weighted by Crippen LogP contribution is -2.40. The lowest BCUT2D eigenvalue weighted by molar-refractivity contribution is 0.0152. The first-order chi connectivity index (χ1) is 16.3. The third kappa shape index (κ3) is 4.53. The maximum absolute atomic E-state index is 15.0. The van der Waals surface area contributed by atoms with Gasteiger partial charge < -0.3 is 19.9 Å². The quantitative estimate of drug-likeness (QED) is 0.640. The molecule has 1 fully saturated rings. The van der Waals surface area contributed by atoms with Crippen molar-refractivity contribution in [1.29, 1.82) is 0 Å². The first kappa shape index (κ1) is 24.2. The van der Waals surface area contributed by atoms with E-state index in [2.05, 4.69) is 5.32 Å². The molecule has 1 spiro atoms. The van der Waals surface area contributed by atoms with Gasteiger partial charge in [-0.2, -0.15) is 5.10 Å². The molecule has 0 saturated carbocycles. The number of nitrogens with one attached hydrogen (secondary N) is 1. The molecule has 0 radical (unpaired) electrons. The van der Waals surface area contributed by atoms with Crippen LogP contribution in [0.4, 0.5) is 4.39 Å². The number of carboxylic acids is 1. The number of amides is 1. The number of fused-ring (bicyclic) bond motifs is 1. The summed E-state index contributed by atoms with van der Waals surface area (Å²) in [4.78, 5) is 24.4. The van der Waals surface area contributed by atoms with E-state index in [9.17, 15) is 19.1 Å². The van der Waals surface area contributed by atoms with Crippen LogP contribution in [0.5, 0.6) is 5.75 Å². The first-order valence-corrected chi connectivity index (χ1v) is 11.8. The highest BCUT2D eigenvalue weighted by atomic mass is 19.1. The molecule has 2 aromatic rings. The maximum atomic E-state index is 15.0. The van der Waals surface area contributed by atoms with Gasteiger partial charge in [-0.05, 0) is 55.6 Å². The van der Waals surface area contributed by atoms with Crippen LogP contribution in [-0.4, -0.2) is 53.6 Å². The third-order valence-electron chi connectivity index (χ3n) is 7.10. The molecule has 34 heavy (non-hydrogen) atoms. The van der Waals surface area contributed by atoms with Gasteiger partial charge in [0.15, 0.2) is 0 Å². The molecule has 2 aliphatic heterocycles. The third-order valence-corrected chi connectivity index (χ3v) is 7.10. The predicted molar refractivity (Wildman–Crippen MR) is 123 cm³/mol. The van der Waals surface area contributed by atoms with Crippen LogP contribution in [0.3, 0.4) is 0 Å². The molecule has 0 unspecified atom stereocenters. The normalized spacial score (nSPS) is 18.2. The lowest BCUT2D eigenvalue weighted by Gasteiger charge is -2.36. The minimum absolute atomic E-state index is 0.0592. The molecule has 0 bridgehead atoms. The number of aryl methyl sites for hydroxylation is 1. The van der Waals surface area contributed by atoms with E-state index in [-0.39, 0.29) is 34.8 Å². The molecular formula is C25H32FN3O5. The van der Waals surface area contributed by atoms with Gasteiger partial charge in [0, 0.05) is 31.9 Å². The summed E-state index contributed by atoms with van der Waals surface area (Å²) in [6.45, 7) is 6.39. The summed E-state index contributed by atoms with van der Waals surface area (Å²) in [5, 5.41) is 17.2. The van der Waals surface area contributed by atoms with Gasteiger partial charge in [0.2, 0.25) is 0 Å². The summed E-state index contributed by atoms with van der Waals surface area (Å²) in [6, 6.07) is 2.71. The van der Waals surface area contributed by atoms with Crippen LogP contribution in [-0.2, 0) is 30.5 Å². The second-order valence-electron chi connectivity index (χ2n) is 9.50. The minimum atomic E-state index is -1.31. The SMILES string of the molecule is CCc1nn(C[C@H](C)Cc2c(OC)ccc(C(=O)O)c2F)c2c1C(=O)NCC1(CCOCC1)C2. The van der Waals surface area contributed by atoms with E-state index in [0.717, 1.165) is 30.7 Å². The molecule has 2 aliphatic rings. The summed E-state index contributed by atoms with van der Waals surface area (Å²) in [6.07, 6.45) is 3.39. The average molecular weight is 474 g/mol. The number of nitrogens with zero attached hydrogens (tertiary/aromatic N) is 2. The van der Waals surface area contributed by atoms with Crippen LogP contribution < -0.4 is 10.1 Å². The van der Waals surface area contributed by atoms with Gasteiger partial charge in [0.05, 0.1) is 29.6 Å². The van der Waals surface area contributed by atoms with Crippen LogP contribution in [0, 0.1) is 17.2 Å². The Balaban J connectivity index is 1.65. The summed E-state index contributed by atoms with van der Waals surface area (Å²) in [5.41, 5.74) is 2.16. The maximum Gasteiger partial charge on any atom is 0.338 e. The monoisotopic (exact) mass is 473 g/mol.